The first-order chi connectivity index (χ1) is 25.4. The van der Waals surface area contributed by atoms with E-state index in [0.717, 1.165) is 87.6 Å². The van der Waals surface area contributed by atoms with Crippen LogP contribution in [0, 0.1) is 0 Å². The van der Waals surface area contributed by atoms with Crippen LogP contribution in [-0.2, 0) is 0 Å². The number of hydrogen-bond acceptors (Lipinski definition) is 1. The van der Waals surface area contributed by atoms with Crippen molar-refractivity contribution in [3.05, 3.63) is 170 Å². The van der Waals surface area contributed by atoms with Crippen molar-refractivity contribution in [1.29, 1.82) is 0 Å². The molecular formula is C46H28O. The summed E-state index contributed by atoms with van der Waals surface area (Å²) in [5.41, 5.74) is 9.06. The molecule has 1 heteroatoms. The van der Waals surface area contributed by atoms with Gasteiger partial charge in [0, 0.05) is 16.3 Å². The number of para-hydroxylation sites is 1. The molecule has 0 bridgehead atoms. The average molecular weight is 602 g/mol. The molecule has 0 aliphatic carbocycles. The minimum atomic E-state index is -0.394. The first kappa shape index (κ1) is 21.5. The lowest BCUT2D eigenvalue weighted by Gasteiger charge is -2.17. The van der Waals surface area contributed by atoms with Gasteiger partial charge in [0.15, 0.2) is 0 Å². The maximum atomic E-state index is 8.72. The molecule has 10 aromatic rings. The Bertz CT molecular complexity index is 3040. The van der Waals surface area contributed by atoms with Crippen LogP contribution in [0.5, 0.6) is 0 Å². The van der Waals surface area contributed by atoms with Gasteiger partial charge in [-0.2, -0.15) is 0 Å². The Morgan fingerprint density at radius 1 is 0.383 bits per heavy atom. The van der Waals surface area contributed by atoms with E-state index in [1.54, 1.807) is 0 Å². The van der Waals surface area contributed by atoms with Gasteiger partial charge in [0.25, 0.3) is 0 Å². The maximum Gasteiger partial charge on any atom is 0.143 e. The Balaban J connectivity index is 1.20. The summed E-state index contributed by atoms with van der Waals surface area (Å²) >= 11 is 0. The van der Waals surface area contributed by atoms with Crippen molar-refractivity contribution in [2.75, 3.05) is 0 Å². The Kier molecular flexibility index (Phi) is 4.66. The number of hydrogen-bond donors (Lipinski definition) is 0. The number of rotatable bonds is 4. The summed E-state index contributed by atoms with van der Waals surface area (Å²) in [7, 11) is 0. The molecule has 9 aromatic carbocycles. The third kappa shape index (κ3) is 3.97. The lowest BCUT2D eigenvalue weighted by atomic mass is 9.86. The number of fused-ring (bicyclic) bond motifs is 3. The molecule has 0 unspecified atom stereocenters. The molecule has 47 heavy (non-hydrogen) atoms. The molecule has 0 spiro atoms. The molecule has 10 rings (SSSR count). The summed E-state index contributed by atoms with van der Waals surface area (Å²) < 4.78 is 48.9. The number of furan rings is 1. The molecule has 1 nitrogen and oxygen atoms in total. The predicted molar refractivity (Wildman–Crippen MR) is 199 cm³/mol. The van der Waals surface area contributed by atoms with E-state index in [9.17, 15) is 0 Å². The largest absolute Gasteiger partial charge is 0.455 e. The van der Waals surface area contributed by atoms with Crippen molar-refractivity contribution in [3.8, 4) is 44.5 Å². The fourth-order valence-corrected chi connectivity index (χ4v) is 7.44. The van der Waals surface area contributed by atoms with Gasteiger partial charge in [0.2, 0.25) is 0 Å². The molecule has 0 N–H and O–H groups in total. The highest BCUT2D eigenvalue weighted by atomic mass is 16.3. The van der Waals surface area contributed by atoms with E-state index in [2.05, 4.69) is 103 Å². The normalized spacial score (nSPS) is 13.3. The summed E-state index contributed by atoms with van der Waals surface area (Å²) in [6.07, 6.45) is 0. The van der Waals surface area contributed by atoms with Crippen molar-refractivity contribution in [2.24, 2.45) is 0 Å². The Hall–Kier alpha value is -6.18. The zero-order valence-electron chi connectivity index (χ0n) is 30.2. The van der Waals surface area contributed by atoms with E-state index in [-0.39, 0.29) is 29.7 Å². The second-order valence-corrected chi connectivity index (χ2v) is 12.1. The van der Waals surface area contributed by atoms with Crippen LogP contribution in [0.3, 0.4) is 0 Å². The van der Waals surface area contributed by atoms with Crippen molar-refractivity contribution in [2.45, 2.75) is 0 Å². The first-order valence-electron chi connectivity index (χ1n) is 18.3. The zero-order valence-corrected chi connectivity index (χ0v) is 25.2. The van der Waals surface area contributed by atoms with Gasteiger partial charge in [-0.15, -0.1) is 0 Å². The molecule has 1 aromatic heterocycles. The Morgan fingerprint density at radius 3 is 1.83 bits per heavy atom. The Morgan fingerprint density at radius 2 is 1.02 bits per heavy atom. The highest BCUT2D eigenvalue weighted by molar-refractivity contribution is 6.29. The minimum absolute atomic E-state index is 0.202. The molecule has 0 radical (unpaired) electrons. The van der Waals surface area contributed by atoms with Crippen LogP contribution in [0.25, 0.3) is 98.8 Å². The highest BCUT2D eigenvalue weighted by Crippen LogP contribution is 2.46. The topological polar surface area (TPSA) is 13.1 Å². The molecule has 0 aliphatic rings. The standard InChI is InChI=1S/C46H28O/c1-3-10-29(11-4-1)33-14-7-15-34(28-33)36-16-8-18-41-45-38(17-9-19-42(45)47-46(36)41)37-25-21-32-22-26-39-35(30-12-5-2-6-13-30)24-20-31-23-27-40(37)44(32)43(31)39/h1-28H/i2D,5D,6D,12D,13D. The quantitative estimate of drug-likeness (QED) is 0.183. The lowest BCUT2D eigenvalue weighted by Crippen LogP contribution is -1.89. The van der Waals surface area contributed by atoms with E-state index < -0.39 is 6.04 Å². The molecule has 0 atom stereocenters. The third-order valence-electron chi connectivity index (χ3n) is 9.53. The number of benzene rings is 9. The fraction of sp³-hybridized carbons (Fsp3) is 0. The zero-order chi connectivity index (χ0) is 35.2. The van der Waals surface area contributed by atoms with E-state index in [1.165, 1.54) is 0 Å². The van der Waals surface area contributed by atoms with Gasteiger partial charge in [-0.3, -0.25) is 0 Å². The van der Waals surface area contributed by atoms with E-state index in [0.29, 0.717) is 5.56 Å². The lowest BCUT2D eigenvalue weighted by molar-refractivity contribution is 0.670. The monoisotopic (exact) mass is 601 g/mol. The first-order valence-corrected chi connectivity index (χ1v) is 15.8. The van der Waals surface area contributed by atoms with Gasteiger partial charge >= 0.3 is 0 Å². The van der Waals surface area contributed by atoms with Crippen LogP contribution in [0.2, 0.25) is 0 Å². The van der Waals surface area contributed by atoms with E-state index in [1.807, 2.05) is 36.4 Å². The van der Waals surface area contributed by atoms with Crippen molar-refractivity contribution in [1.82, 2.24) is 0 Å². The molecule has 218 valence electrons. The predicted octanol–water partition coefficient (Wildman–Crippen LogP) is 13.2. The summed E-state index contributed by atoms with van der Waals surface area (Å²) in [4.78, 5) is 0. The third-order valence-corrected chi connectivity index (χ3v) is 9.53. The molecule has 0 saturated carbocycles. The Labute approximate surface area is 279 Å². The van der Waals surface area contributed by atoms with E-state index >= 15 is 0 Å². The van der Waals surface area contributed by atoms with Crippen molar-refractivity contribution in [3.63, 3.8) is 0 Å². The molecule has 0 fully saturated rings. The highest BCUT2D eigenvalue weighted by Gasteiger charge is 2.19. The van der Waals surface area contributed by atoms with E-state index in [4.69, 9.17) is 11.3 Å². The second kappa shape index (κ2) is 10.2. The summed E-state index contributed by atoms with van der Waals surface area (Å²) in [5, 5.41) is 8.19. The van der Waals surface area contributed by atoms with Gasteiger partial charge in [-0.1, -0.05) is 158 Å². The van der Waals surface area contributed by atoms with Gasteiger partial charge < -0.3 is 4.42 Å². The van der Waals surface area contributed by atoms with Gasteiger partial charge in [0.05, 0.1) is 6.85 Å². The van der Waals surface area contributed by atoms with Crippen LogP contribution in [0.1, 0.15) is 6.85 Å². The second-order valence-electron chi connectivity index (χ2n) is 12.1. The molecular weight excluding hydrogens is 569 g/mol. The fourth-order valence-electron chi connectivity index (χ4n) is 7.44. The van der Waals surface area contributed by atoms with Gasteiger partial charge in [-0.25, -0.2) is 0 Å². The average Bonchev–Trinajstić information content (AvgIpc) is 3.58. The minimum Gasteiger partial charge on any atom is -0.455 e. The SMILES string of the molecule is [2H]c1c([2H])c([2H])c(-c2ccc3ccc4c(-c5cccc6oc7c(-c8cccc(-c9ccccc9)c8)cccc7c56)ccc5ccc2c3c54)c([2H])c1[2H]. The van der Waals surface area contributed by atoms with Gasteiger partial charge in [-0.05, 0) is 83.4 Å². The summed E-state index contributed by atoms with van der Waals surface area (Å²) in [5.74, 6) is 0. The van der Waals surface area contributed by atoms with Crippen LogP contribution in [0.15, 0.2) is 174 Å². The molecule has 0 amide bonds. The summed E-state index contributed by atoms with van der Waals surface area (Å²) in [6.45, 7) is 0. The molecule has 1 heterocycles. The summed E-state index contributed by atoms with van der Waals surface area (Å²) in [6, 6.07) is 46.7. The van der Waals surface area contributed by atoms with Crippen molar-refractivity contribution < 1.29 is 11.3 Å². The molecule has 0 aliphatic heterocycles. The van der Waals surface area contributed by atoms with Crippen molar-refractivity contribution >= 4 is 54.3 Å². The van der Waals surface area contributed by atoms with Crippen LogP contribution < -0.4 is 0 Å². The van der Waals surface area contributed by atoms with Crippen LogP contribution in [-0.4, -0.2) is 0 Å². The smallest absolute Gasteiger partial charge is 0.143 e. The maximum absolute atomic E-state index is 8.72. The molecule has 0 saturated heterocycles. The van der Waals surface area contributed by atoms with Gasteiger partial charge in [0.1, 0.15) is 11.2 Å². The van der Waals surface area contributed by atoms with Crippen LogP contribution in [0.4, 0.5) is 0 Å². The van der Waals surface area contributed by atoms with Crippen LogP contribution >= 0.6 is 0 Å².